The Labute approximate surface area is 114 Å². The number of amides is 2. The number of unbranched alkanes of at least 4 members (excludes halogenated alkanes) is 2. The molecule has 0 aromatic heterocycles. The normalized spacial score (nSPS) is 10.1. The molecular weight excluding hydrogens is 240 g/mol. The summed E-state index contributed by atoms with van der Waals surface area (Å²) < 4.78 is 0. The van der Waals surface area contributed by atoms with E-state index in [4.69, 9.17) is 0 Å². The molecule has 0 saturated carbocycles. The van der Waals surface area contributed by atoms with Crippen molar-refractivity contribution in [1.82, 2.24) is 4.90 Å². The number of Topliss-reactive ketones (excluding diaryl/α,β-unsaturated/α-hetero) is 1. The van der Waals surface area contributed by atoms with Crippen LogP contribution in [0.15, 0.2) is 24.3 Å². The standard InChI is InChI=1S/C15H22N2O2/c1-4-5-6-11-17(3)15(19)16-14-9-7-13(8-10-14)12(2)18/h7-10H,4-6,11H2,1-3H3,(H,16,19). The average Bonchev–Trinajstić information content (AvgIpc) is 2.39. The van der Waals surface area contributed by atoms with Crippen LogP contribution in [-0.2, 0) is 0 Å². The van der Waals surface area contributed by atoms with Crippen molar-refractivity contribution in [2.75, 3.05) is 18.9 Å². The first-order chi connectivity index (χ1) is 9.04. The minimum absolute atomic E-state index is 0.0227. The Bertz CT molecular complexity index is 426. The zero-order valence-electron chi connectivity index (χ0n) is 11.9. The Balaban J connectivity index is 2.49. The highest BCUT2D eigenvalue weighted by Crippen LogP contribution is 2.11. The average molecular weight is 262 g/mol. The first-order valence-corrected chi connectivity index (χ1v) is 6.67. The highest BCUT2D eigenvalue weighted by atomic mass is 16.2. The van der Waals surface area contributed by atoms with Crippen LogP contribution in [0.1, 0.15) is 43.5 Å². The smallest absolute Gasteiger partial charge is 0.321 e. The van der Waals surface area contributed by atoms with E-state index in [0.29, 0.717) is 11.3 Å². The highest BCUT2D eigenvalue weighted by molar-refractivity contribution is 5.95. The van der Waals surface area contributed by atoms with Gasteiger partial charge in [0, 0.05) is 24.8 Å². The van der Waals surface area contributed by atoms with Gasteiger partial charge in [0.2, 0.25) is 0 Å². The van der Waals surface area contributed by atoms with Crippen molar-refractivity contribution in [3.8, 4) is 0 Å². The molecule has 19 heavy (non-hydrogen) atoms. The Morgan fingerprint density at radius 1 is 1.16 bits per heavy atom. The first-order valence-electron chi connectivity index (χ1n) is 6.67. The molecule has 0 radical (unpaired) electrons. The lowest BCUT2D eigenvalue weighted by atomic mass is 10.1. The maximum atomic E-state index is 11.9. The summed E-state index contributed by atoms with van der Waals surface area (Å²) in [6.45, 7) is 4.41. The molecule has 0 aliphatic carbocycles. The van der Waals surface area contributed by atoms with Gasteiger partial charge in [-0.2, -0.15) is 0 Å². The van der Waals surface area contributed by atoms with Crippen molar-refractivity contribution in [3.63, 3.8) is 0 Å². The molecule has 104 valence electrons. The Kier molecular flexibility index (Phi) is 6.06. The van der Waals surface area contributed by atoms with Crippen molar-refractivity contribution in [2.24, 2.45) is 0 Å². The molecule has 1 aromatic rings. The number of urea groups is 1. The number of ketones is 1. The van der Waals surface area contributed by atoms with Gasteiger partial charge in [0.1, 0.15) is 0 Å². The number of benzene rings is 1. The topological polar surface area (TPSA) is 49.4 Å². The van der Waals surface area contributed by atoms with Crippen LogP contribution in [0.25, 0.3) is 0 Å². The summed E-state index contributed by atoms with van der Waals surface area (Å²) in [5.41, 5.74) is 1.35. The summed E-state index contributed by atoms with van der Waals surface area (Å²) in [4.78, 5) is 24.7. The van der Waals surface area contributed by atoms with Gasteiger partial charge in [0.15, 0.2) is 5.78 Å². The second kappa shape index (κ2) is 7.56. The van der Waals surface area contributed by atoms with Gasteiger partial charge in [-0.15, -0.1) is 0 Å². The molecule has 0 aliphatic rings. The summed E-state index contributed by atoms with van der Waals surface area (Å²) >= 11 is 0. The molecule has 4 nitrogen and oxygen atoms in total. The molecule has 1 aromatic carbocycles. The molecule has 0 aliphatic heterocycles. The van der Waals surface area contributed by atoms with Gasteiger partial charge in [-0.25, -0.2) is 4.79 Å². The fourth-order valence-electron chi connectivity index (χ4n) is 1.71. The Morgan fingerprint density at radius 3 is 2.32 bits per heavy atom. The second-order valence-corrected chi connectivity index (χ2v) is 4.69. The molecule has 1 rings (SSSR count). The van der Waals surface area contributed by atoms with Crippen LogP contribution in [0.5, 0.6) is 0 Å². The maximum absolute atomic E-state index is 11.9. The van der Waals surface area contributed by atoms with Crippen LogP contribution >= 0.6 is 0 Å². The van der Waals surface area contributed by atoms with Crippen molar-refractivity contribution in [3.05, 3.63) is 29.8 Å². The first kappa shape index (κ1) is 15.2. The van der Waals surface area contributed by atoms with Crippen LogP contribution in [0, 0.1) is 0 Å². The Hall–Kier alpha value is -1.84. The zero-order chi connectivity index (χ0) is 14.3. The number of carbonyl (C=O) groups is 2. The van der Waals surface area contributed by atoms with E-state index >= 15 is 0 Å². The summed E-state index contributed by atoms with van der Waals surface area (Å²) in [6, 6.07) is 6.80. The van der Waals surface area contributed by atoms with Crippen molar-refractivity contribution in [2.45, 2.75) is 33.1 Å². The molecule has 0 unspecified atom stereocenters. The molecule has 0 bridgehead atoms. The van der Waals surface area contributed by atoms with Gasteiger partial charge < -0.3 is 10.2 Å². The molecule has 0 heterocycles. The van der Waals surface area contributed by atoms with E-state index in [1.54, 1.807) is 36.2 Å². The number of carbonyl (C=O) groups excluding carboxylic acids is 2. The van der Waals surface area contributed by atoms with E-state index in [1.807, 2.05) is 0 Å². The molecule has 0 fully saturated rings. The van der Waals surface area contributed by atoms with E-state index in [0.717, 1.165) is 25.8 Å². The fraction of sp³-hybridized carbons (Fsp3) is 0.467. The lowest BCUT2D eigenvalue weighted by molar-refractivity contribution is 0.101. The third-order valence-electron chi connectivity index (χ3n) is 2.99. The van der Waals surface area contributed by atoms with Crippen LogP contribution in [-0.4, -0.2) is 30.3 Å². The predicted molar refractivity (Wildman–Crippen MR) is 77.6 cm³/mol. The van der Waals surface area contributed by atoms with Crippen LogP contribution in [0.4, 0.5) is 10.5 Å². The van der Waals surface area contributed by atoms with Gasteiger partial charge in [0.25, 0.3) is 0 Å². The molecule has 4 heteroatoms. The van der Waals surface area contributed by atoms with Crippen molar-refractivity contribution in [1.29, 1.82) is 0 Å². The quantitative estimate of drug-likeness (QED) is 0.629. The summed E-state index contributed by atoms with van der Waals surface area (Å²) in [6.07, 6.45) is 3.29. The SMILES string of the molecule is CCCCCN(C)C(=O)Nc1ccc(C(C)=O)cc1. The lowest BCUT2D eigenvalue weighted by Crippen LogP contribution is -2.32. The number of hydrogen-bond donors (Lipinski definition) is 1. The molecule has 1 N–H and O–H groups in total. The van der Waals surface area contributed by atoms with Gasteiger partial charge in [-0.1, -0.05) is 19.8 Å². The summed E-state index contributed by atoms with van der Waals surface area (Å²) in [7, 11) is 1.79. The van der Waals surface area contributed by atoms with Crippen molar-refractivity contribution >= 4 is 17.5 Å². The number of rotatable bonds is 6. The summed E-state index contributed by atoms with van der Waals surface area (Å²) in [5.74, 6) is 0.0227. The largest absolute Gasteiger partial charge is 0.328 e. The third kappa shape index (κ3) is 5.12. The van der Waals surface area contributed by atoms with Gasteiger partial charge in [-0.3, -0.25) is 4.79 Å². The Morgan fingerprint density at radius 2 is 1.79 bits per heavy atom. The fourth-order valence-corrected chi connectivity index (χ4v) is 1.71. The van der Waals surface area contributed by atoms with Gasteiger partial charge in [-0.05, 0) is 37.6 Å². The van der Waals surface area contributed by atoms with Crippen LogP contribution in [0.3, 0.4) is 0 Å². The third-order valence-corrected chi connectivity index (χ3v) is 2.99. The lowest BCUT2D eigenvalue weighted by Gasteiger charge is -2.17. The number of nitrogens with one attached hydrogen (secondary N) is 1. The minimum atomic E-state index is -0.119. The van der Waals surface area contributed by atoms with E-state index in [1.165, 1.54) is 6.92 Å². The van der Waals surface area contributed by atoms with Gasteiger partial charge >= 0.3 is 6.03 Å². The van der Waals surface area contributed by atoms with E-state index in [9.17, 15) is 9.59 Å². The highest BCUT2D eigenvalue weighted by Gasteiger charge is 2.08. The molecule has 0 spiro atoms. The molecular formula is C15H22N2O2. The zero-order valence-corrected chi connectivity index (χ0v) is 11.9. The predicted octanol–water partition coefficient (Wildman–Crippen LogP) is 3.54. The van der Waals surface area contributed by atoms with Gasteiger partial charge in [0.05, 0.1) is 0 Å². The van der Waals surface area contributed by atoms with E-state index < -0.39 is 0 Å². The second-order valence-electron chi connectivity index (χ2n) is 4.69. The molecule has 0 saturated heterocycles. The monoisotopic (exact) mass is 262 g/mol. The van der Waals surface area contributed by atoms with E-state index in [-0.39, 0.29) is 11.8 Å². The van der Waals surface area contributed by atoms with Crippen LogP contribution < -0.4 is 5.32 Å². The van der Waals surface area contributed by atoms with Crippen LogP contribution in [0.2, 0.25) is 0 Å². The van der Waals surface area contributed by atoms with Crippen molar-refractivity contribution < 1.29 is 9.59 Å². The number of nitrogens with zero attached hydrogens (tertiary/aromatic N) is 1. The summed E-state index contributed by atoms with van der Waals surface area (Å²) in [5, 5.41) is 2.81. The van der Waals surface area contributed by atoms with E-state index in [2.05, 4.69) is 12.2 Å². The molecule has 2 amide bonds. The number of anilines is 1. The number of hydrogen-bond acceptors (Lipinski definition) is 2. The molecule has 0 atom stereocenters. The maximum Gasteiger partial charge on any atom is 0.321 e. The minimum Gasteiger partial charge on any atom is -0.328 e.